The number of benzene rings is 2. The number of aromatic amines is 1. The maximum Gasteiger partial charge on any atom is 0.253 e. The van der Waals surface area contributed by atoms with Crippen LogP contribution < -0.4 is 5.32 Å². The van der Waals surface area contributed by atoms with Gasteiger partial charge >= 0.3 is 0 Å². The number of fused-ring (bicyclic) bond motifs is 1. The predicted octanol–water partition coefficient (Wildman–Crippen LogP) is 4.89. The van der Waals surface area contributed by atoms with E-state index >= 15 is 0 Å². The molecule has 1 saturated heterocycles. The van der Waals surface area contributed by atoms with Gasteiger partial charge in [-0.25, -0.2) is 9.97 Å². The monoisotopic (exact) mass is 578 g/mol. The van der Waals surface area contributed by atoms with Crippen LogP contribution in [0.2, 0.25) is 0 Å². The number of carbonyl (C=O) groups excluding carboxylic acids is 3. The second kappa shape index (κ2) is 12.9. The first kappa shape index (κ1) is 28.7. The first-order valence-corrected chi connectivity index (χ1v) is 15.2. The van der Waals surface area contributed by atoms with Crippen molar-refractivity contribution in [3.8, 4) is 0 Å². The molecule has 0 bridgehead atoms. The third-order valence-electron chi connectivity index (χ3n) is 8.89. The van der Waals surface area contributed by atoms with Gasteiger partial charge in [0, 0.05) is 56.0 Å². The molecule has 2 fully saturated rings. The summed E-state index contributed by atoms with van der Waals surface area (Å²) in [6, 6.07) is 17.2. The van der Waals surface area contributed by atoms with Crippen LogP contribution in [0, 0.1) is 12.8 Å². The SMILES string of the molecule is Cc1ccccc1C(=O)c1c[nH]c2ncnc(NC3CCC(CC(=O)CN4CCN(C(=O)c5ccccc5)CC4)CC3)c12. The van der Waals surface area contributed by atoms with Crippen LogP contribution in [-0.2, 0) is 4.79 Å². The number of piperazine rings is 1. The quantitative estimate of drug-likeness (QED) is 0.272. The van der Waals surface area contributed by atoms with Gasteiger partial charge in [0.05, 0.1) is 17.5 Å². The molecule has 0 unspecified atom stereocenters. The van der Waals surface area contributed by atoms with Gasteiger partial charge in [0.1, 0.15) is 23.6 Å². The summed E-state index contributed by atoms with van der Waals surface area (Å²) in [6.07, 6.45) is 7.66. The van der Waals surface area contributed by atoms with Crippen LogP contribution >= 0.6 is 0 Å². The van der Waals surface area contributed by atoms with E-state index in [9.17, 15) is 14.4 Å². The lowest BCUT2D eigenvalue weighted by molar-refractivity contribution is -0.121. The number of rotatable bonds is 9. The Morgan fingerprint density at radius 2 is 1.60 bits per heavy atom. The summed E-state index contributed by atoms with van der Waals surface area (Å²) < 4.78 is 0. The summed E-state index contributed by atoms with van der Waals surface area (Å²) in [7, 11) is 0. The largest absolute Gasteiger partial charge is 0.367 e. The fourth-order valence-electron chi connectivity index (χ4n) is 6.44. The highest BCUT2D eigenvalue weighted by Crippen LogP contribution is 2.32. The van der Waals surface area contributed by atoms with Gasteiger partial charge in [-0.15, -0.1) is 0 Å². The zero-order valence-corrected chi connectivity index (χ0v) is 24.6. The van der Waals surface area contributed by atoms with E-state index in [1.807, 2.05) is 66.4 Å². The maximum absolute atomic E-state index is 13.4. The Balaban J connectivity index is 0.991. The van der Waals surface area contributed by atoms with Gasteiger partial charge in [-0.1, -0.05) is 42.5 Å². The molecule has 2 aliphatic rings. The van der Waals surface area contributed by atoms with E-state index in [1.54, 1.807) is 6.20 Å². The summed E-state index contributed by atoms with van der Waals surface area (Å²) in [6.45, 7) is 5.14. The number of amides is 1. The Labute approximate surface area is 251 Å². The second-order valence-electron chi connectivity index (χ2n) is 11.8. The molecule has 1 aliphatic heterocycles. The van der Waals surface area contributed by atoms with Gasteiger partial charge in [0.15, 0.2) is 5.78 Å². The number of hydrogen-bond acceptors (Lipinski definition) is 7. The van der Waals surface area contributed by atoms with Crippen LogP contribution in [0.3, 0.4) is 0 Å². The molecule has 1 saturated carbocycles. The summed E-state index contributed by atoms with van der Waals surface area (Å²) in [5, 5.41) is 4.31. The highest BCUT2D eigenvalue weighted by molar-refractivity contribution is 6.18. The van der Waals surface area contributed by atoms with Crippen LogP contribution in [0.1, 0.15) is 63.9 Å². The summed E-state index contributed by atoms with van der Waals surface area (Å²) in [5.74, 6) is 1.34. The highest BCUT2D eigenvalue weighted by Gasteiger charge is 2.27. The number of aryl methyl sites for hydroxylation is 1. The lowest BCUT2D eigenvalue weighted by Gasteiger charge is -2.35. The molecule has 0 spiro atoms. The van der Waals surface area contributed by atoms with E-state index in [4.69, 9.17) is 0 Å². The summed E-state index contributed by atoms with van der Waals surface area (Å²) in [5.41, 5.74) is 3.52. The van der Waals surface area contributed by atoms with E-state index in [1.165, 1.54) is 6.33 Å². The van der Waals surface area contributed by atoms with E-state index < -0.39 is 0 Å². The number of nitrogens with zero attached hydrogens (tertiary/aromatic N) is 4. The van der Waals surface area contributed by atoms with Crippen molar-refractivity contribution in [2.75, 3.05) is 38.0 Å². The molecule has 2 N–H and O–H groups in total. The van der Waals surface area contributed by atoms with Gasteiger partial charge in [-0.05, 0) is 56.2 Å². The Morgan fingerprint density at radius 1 is 0.884 bits per heavy atom. The second-order valence-corrected chi connectivity index (χ2v) is 11.8. The topological polar surface area (TPSA) is 111 Å². The van der Waals surface area contributed by atoms with Gasteiger partial charge in [-0.2, -0.15) is 0 Å². The average Bonchev–Trinajstić information content (AvgIpc) is 3.48. The number of anilines is 1. The first-order valence-electron chi connectivity index (χ1n) is 15.2. The van der Waals surface area contributed by atoms with Crippen LogP contribution in [0.15, 0.2) is 67.1 Å². The maximum atomic E-state index is 13.4. The molecule has 1 aliphatic carbocycles. The Hall–Kier alpha value is -4.37. The minimum Gasteiger partial charge on any atom is -0.367 e. The fourth-order valence-corrected chi connectivity index (χ4v) is 6.44. The molecule has 43 heavy (non-hydrogen) atoms. The number of H-pyrrole nitrogens is 1. The van der Waals surface area contributed by atoms with Gasteiger partial charge in [0.2, 0.25) is 0 Å². The average molecular weight is 579 g/mol. The van der Waals surface area contributed by atoms with Crippen LogP contribution in [0.4, 0.5) is 5.82 Å². The molecule has 3 heterocycles. The first-order chi connectivity index (χ1) is 21.0. The Kier molecular flexibility index (Phi) is 8.60. The van der Waals surface area contributed by atoms with Crippen molar-refractivity contribution in [3.05, 3.63) is 89.4 Å². The van der Waals surface area contributed by atoms with Gasteiger partial charge < -0.3 is 15.2 Å². The predicted molar refractivity (Wildman–Crippen MR) is 166 cm³/mol. The lowest BCUT2D eigenvalue weighted by Crippen LogP contribution is -2.50. The molecule has 1 amide bonds. The minimum absolute atomic E-state index is 0.0476. The van der Waals surface area contributed by atoms with E-state index in [2.05, 4.69) is 25.2 Å². The van der Waals surface area contributed by atoms with Crippen molar-refractivity contribution in [1.29, 1.82) is 0 Å². The molecule has 4 aromatic rings. The molecule has 0 atom stereocenters. The number of hydrogen-bond donors (Lipinski definition) is 2. The van der Waals surface area contributed by atoms with Crippen molar-refractivity contribution in [2.45, 2.75) is 45.1 Å². The summed E-state index contributed by atoms with van der Waals surface area (Å²) >= 11 is 0. The zero-order chi connectivity index (χ0) is 29.8. The van der Waals surface area contributed by atoms with Gasteiger partial charge in [-0.3, -0.25) is 19.3 Å². The normalized spacial score (nSPS) is 19.3. The standard InChI is InChI=1S/C34H38N6O3/c1-23-7-5-6-10-28(23)31(42)29-20-35-32-30(29)33(37-22-36-32)38-26-13-11-24(12-14-26)19-27(41)21-39-15-17-40(18-16-39)34(43)25-8-3-2-4-9-25/h2-10,20,22,24,26H,11-19,21H2,1H3,(H2,35,36,37,38). The van der Waals surface area contributed by atoms with Crippen LogP contribution in [-0.4, -0.2) is 81.0 Å². The smallest absolute Gasteiger partial charge is 0.253 e. The molecule has 222 valence electrons. The summed E-state index contributed by atoms with van der Waals surface area (Å²) in [4.78, 5) is 55.2. The van der Waals surface area contributed by atoms with Crippen molar-refractivity contribution in [2.24, 2.45) is 5.92 Å². The zero-order valence-electron chi connectivity index (χ0n) is 24.6. The van der Waals surface area contributed by atoms with E-state index in [0.717, 1.165) is 49.7 Å². The van der Waals surface area contributed by atoms with Crippen molar-refractivity contribution in [1.82, 2.24) is 24.8 Å². The third-order valence-corrected chi connectivity index (χ3v) is 8.89. The number of Topliss-reactive ketones (excluding diaryl/α,β-unsaturated/α-hetero) is 1. The molecule has 0 radical (unpaired) electrons. The molecule has 9 heteroatoms. The van der Waals surface area contributed by atoms with Crippen molar-refractivity contribution < 1.29 is 14.4 Å². The van der Waals surface area contributed by atoms with E-state index in [-0.39, 0.29) is 23.5 Å². The van der Waals surface area contributed by atoms with E-state index in [0.29, 0.717) is 60.1 Å². The van der Waals surface area contributed by atoms with Crippen molar-refractivity contribution >= 4 is 34.3 Å². The minimum atomic E-state index is -0.0476. The van der Waals surface area contributed by atoms with Gasteiger partial charge in [0.25, 0.3) is 5.91 Å². The number of nitrogens with one attached hydrogen (secondary N) is 2. The molecule has 2 aromatic heterocycles. The molecular formula is C34H38N6O3. The lowest BCUT2D eigenvalue weighted by atomic mass is 9.83. The molecular weight excluding hydrogens is 540 g/mol. The molecule has 9 nitrogen and oxygen atoms in total. The van der Waals surface area contributed by atoms with Crippen LogP contribution in [0.5, 0.6) is 0 Å². The van der Waals surface area contributed by atoms with Crippen molar-refractivity contribution in [3.63, 3.8) is 0 Å². The Morgan fingerprint density at radius 3 is 2.35 bits per heavy atom. The number of ketones is 2. The molecule has 2 aromatic carbocycles. The highest BCUT2D eigenvalue weighted by atomic mass is 16.2. The van der Waals surface area contributed by atoms with Crippen LogP contribution in [0.25, 0.3) is 11.0 Å². The molecule has 6 rings (SSSR count). The number of aromatic nitrogens is 3. The number of carbonyl (C=O) groups is 3. The fraction of sp³-hybridized carbons (Fsp3) is 0.382. The Bertz CT molecular complexity index is 1600. The third kappa shape index (κ3) is 6.51.